The Morgan fingerprint density at radius 2 is 2.40 bits per heavy atom. The van der Waals surface area contributed by atoms with Crippen LogP contribution in [0.15, 0.2) is 18.3 Å². The predicted octanol–water partition coefficient (Wildman–Crippen LogP) is 0.891. The lowest BCUT2D eigenvalue weighted by atomic mass is 10.2. The van der Waals surface area contributed by atoms with Crippen molar-refractivity contribution in [3.05, 3.63) is 29.6 Å². The Morgan fingerprint density at radius 1 is 1.67 bits per heavy atom. The van der Waals surface area contributed by atoms with Gasteiger partial charge in [0.1, 0.15) is 0 Å². The van der Waals surface area contributed by atoms with E-state index >= 15 is 0 Å². The number of nitrogens with zero attached hydrogens (tertiary/aromatic N) is 1. The molecule has 0 radical (unpaired) electrons. The van der Waals surface area contributed by atoms with Gasteiger partial charge >= 0.3 is 0 Å². The largest absolute Gasteiger partial charge is 0.393 e. The van der Waals surface area contributed by atoms with Crippen LogP contribution in [-0.2, 0) is 0 Å². The molecule has 0 aliphatic carbocycles. The number of carbonyl (C=O) groups is 1. The molecular weight excluding hydrogens is 192 g/mol. The summed E-state index contributed by atoms with van der Waals surface area (Å²) in [6.45, 7) is 4.02. The molecule has 0 spiro atoms. The smallest absolute Gasteiger partial charge is 0.251 e. The Labute approximate surface area is 89.3 Å². The Balaban J connectivity index is 2.47. The van der Waals surface area contributed by atoms with Gasteiger partial charge in [-0.2, -0.15) is 0 Å². The molecule has 82 valence electrons. The van der Waals surface area contributed by atoms with Gasteiger partial charge in [0.05, 0.1) is 6.10 Å². The molecular formula is C11H16N2O2. The fourth-order valence-electron chi connectivity index (χ4n) is 1.18. The fraction of sp³-hybridized carbons (Fsp3) is 0.455. The van der Waals surface area contributed by atoms with Gasteiger partial charge in [0.15, 0.2) is 0 Å². The highest BCUT2D eigenvalue weighted by Crippen LogP contribution is 2.00. The lowest BCUT2D eigenvalue weighted by Gasteiger charge is -2.06. The number of carbonyl (C=O) groups excluding carboxylic acids is 1. The van der Waals surface area contributed by atoms with Crippen molar-refractivity contribution < 1.29 is 9.90 Å². The lowest BCUT2D eigenvalue weighted by Crippen LogP contribution is -2.26. The van der Waals surface area contributed by atoms with E-state index in [0.717, 1.165) is 5.69 Å². The Morgan fingerprint density at radius 3 is 3.00 bits per heavy atom. The number of amides is 1. The van der Waals surface area contributed by atoms with Crippen molar-refractivity contribution in [3.63, 3.8) is 0 Å². The molecule has 1 unspecified atom stereocenters. The predicted molar refractivity (Wildman–Crippen MR) is 57.6 cm³/mol. The number of aliphatic hydroxyl groups is 1. The van der Waals surface area contributed by atoms with Gasteiger partial charge in [-0.1, -0.05) is 0 Å². The van der Waals surface area contributed by atoms with Crippen LogP contribution in [0.3, 0.4) is 0 Å². The zero-order chi connectivity index (χ0) is 11.3. The summed E-state index contributed by atoms with van der Waals surface area (Å²) in [5.74, 6) is -0.124. The van der Waals surface area contributed by atoms with Gasteiger partial charge in [-0.25, -0.2) is 0 Å². The van der Waals surface area contributed by atoms with E-state index in [2.05, 4.69) is 10.3 Å². The Hall–Kier alpha value is -1.42. The van der Waals surface area contributed by atoms with Crippen LogP contribution >= 0.6 is 0 Å². The average molecular weight is 208 g/mol. The van der Waals surface area contributed by atoms with E-state index in [1.165, 1.54) is 0 Å². The van der Waals surface area contributed by atoms with E-state index in [0.29, 0.717) is 18.5 Å². The van der Waals surface area contributed by atoms with Crippen LogP contribution in [-0.4, -0.2) is 28.6 Å². The topological polar surface area (TPSA) is 62.2 Å². The van der Waals surface area contributed by atoms with Gasteiger partial charge in [0, 0.05) is 24.0 Å². The summed E-state index contributed by atoms with van der Waals surface area (Å²) < 4.78 is 0. The van der Waals surface area contributed by atoms with Crippen LogP contribution < -0.4 is 5.32 Å². The quantitative estimate of drug-likeness (QED) is 0.772. The van der Waals surface area contributed by atoms with Gasteiger partial charge in [0.25, 0.3) is 5.91 Å². The second-order valence-corrected chi connectivity index (χ2v) is 3.58. The maximum absolute atomic E-state index is 11.6. The first-order valence-corrected chi connectivity index (χ1v) is 4.98. The van der Waals surface area contributed by atoms with Gasteiger partial charge in [-0.05, 0) is 32.4 Å². The molecule has 0 aliphatic rings. The molecule has 0 aromatic carbocycles. The molecule has 1 rings (SSSR count). The molecule has 15 heavy (non-hydrogen) atoms. The summed E-state index contributed by atoms with van der Waals surface area (Å²) in [6, 6.07) is 3.41. The van der Waals surface area contributed by atoms with Crippen molar-refractivity contribution in [2.75, 3.05) is 6.54 Å². The summed E-state index contributed by atoms with van der Waals surface area (Å²) in [5, 5.41) is 11.7. The third-order valence-electron chi connectivity index (χ3n) is 2.01. The minimum Gasteiger partial charge on any atom is -0.393 e. The minimum absolute atomic E-state index is 0.124. The van der Waals surface area contributed by atoms with Crippen molar-refractivity contribution in [1.82, 2.24) is 10.3 Å². The first kappa shape index (κ1) is 11.7. The second-order valence-electron chi connectivity index (χ2n) is 3.58. The highest BCUT2D eigenvalue weighted by molar-refractivity contribution is 5.94. The van der Waals surface area contributed by atoms with Crippen molar-refractivity contribution in [2.24, 2.45) is 0 Å². The molecule has 0 aliphatic heterocycles. The molecule has 4 nitrogen and oxygen atoms in total. The molecule has 1 heterocycles. The number of nitrogens with one attached hydrogen (secondary N) is 1. The molecule has 1 amide bonds. The zero-order valence-corrected chi connectivity index (χ0v) is 9.03. The average Bonchev–Trinajstić information content (AvgIpc) is 2.17. The van der Waals surface area contributed by atoms with E-state index in [1.54, 1.807) is 25.3 Å². The van der Waals surface area contributed by atoms with Crippen LogP contribution in [0.2, 0.25) is 0 Å². The third-order valence-corrected chi connectivity index (χ3v) is 2.01. The van der Waals surface area contributed by atoms with Gasteiger partial charge in [-0.3, -0.25) is 9.78 Å². The SMILES string of the molecule is Cc1cc(C(=O)NCCC(C)O)ccn1. The maximum Gasteiger partial charge on any atom is 0.251 e. The highest BCUT2D eigenvalue weighted by Gasteiger charge is 2.05. The van der Waals surface area contributed by atoms with Crippen LogP contribution in [0.4, 0.5) is 0 Å². The van der Waals surface area contributed by atoms with Crippen molar-refractivity contribution in [2.45, 2.75) is 26.4 Å². The Kier molecular flexibility index (Phi) is 4.24. The van der Waals surface area contributed by atoms with E-state index < -0.39 is 0 Å². The molecule has 0 bridgehead atoms. The molecule has 1 atom stereocenters. The van der Waals surface area contributed by atoms with E-state index in [-0.39, 0.29) is 12.0 Å². The number of hydrogen-bond acceptors (Lipinski definition) is 3. The van der Waals surface area contributed by atoms with Crippen molar-refractivity contribution in [3.8, 4) is 0 Å². The van der Waals surface area contributed by atoms with Crippen molar-refractivity contribution in [1.29, 1.82) is 0 Å². The minimum atomic E-state index is -0.385. The Bertz CT molecular complexity index is 337. The molecule has 0 saturated heterocycles. The number of aryl methyl sites for hydroxylation is 1. The first-order chi connectivity index (χ1) is 7.09. The summed E-state index contributed by atoms with van der Waals surface area (Å²) in [5.41, 5.74) is 1.42. The summed E-state index contributed by atoms with van der Waals surface area (Å²) in [4.78, 5) is 15.6. The summed E-state index contributed by atoms with van der Waals surface area (Å²) in [6.07, 6.45) is 1.79. The third kappa shape index (κ3) is 4.08. The normalized spacial score (nSPS) is 12.2. The highest BCUT2D eigenvalue weighted by atomic mass is 16.3. The fourth-order valence-corrected chi connectivity index (χ4v) is 1.18. The van der Waals surface area contributed by atoms with Crippen molar-refractivity contribution >= 4 is 5.91 Å². The van der Waals surface area contributed by atoms with E-state index in [9.17, 15) is 4.79 Å². The van der Waals surface area contributed by atoms with Gasteiger partial charge in [-0.15, -0.1) is 0 Å². The molecule has 1 aromatic heterocycles. The maximum atomic E-state index is 11.6. The molecule has 0 saturated carbocycles. The van der Waals surface area contributed by atoms with E-state index in [4.69, 9.17) is 5.11 Å². The number of aliphatic hydroxyl groups excluding tert-OH is 1. The standard InChI is InChI=1S/C11H16N2O2/c1-8-7-10(4-6-12-8)11(15)13-5-3-9(2)14/h4,6-7,9,14H,3,5H2,1-2H3,(H,13,15). The summed E-state index contributed by atoms with van der Waals surface area (Å²) >= 11 is 0. The molecule has 4 heteroatoms. The monoisotopic (exact) mass is 208 g/mol. The van der Waals surface area contributed by atoms with Crippen LogP contribution in [0, 0.1) is 6.92 Å². The second kappa shape index (κ2) is 5.46. The zero-order valence-electron chi connectivity index (χ0n) is 9.03. The number of hydrogen-bond donors (Lipinski definition) is 2. The molecule has 2 N–H and O–H groups in total. The lowest BCUT2D eigenvalue weighted by molar-refractivity contribution is 0.0945. The van der Waals surface area contributed by atoms with Gasteiger partial charge in [0.2, 0.25) is 0 Å². The van der Waals surface area contributed by atoms with Crippen LogP contribution in [0.25, 0.3) is 0 Å². The number of aromatic nitrogens is 1. The summed E-state index contributed by atoms with van der Waals surface area (Å²) in [7, 11) is 0. The molecule has 1 aromatic rings. The van der Waals surface area contributed by atoms with Crippen LogP contribution in [0.5, 0.6) is 0 Å². The molecule has 0 fully saturated rings. The van der Waals surface area contributed by atoms with Crippen LogP contribution in [0.1, 0.15) is 29.4 Å². The van der Waals surface area contributed by atoms with Gasteiger partial charge < -0.3 is 10.4 Å². The van der Waals surface area contributed by atoms with E-state index in [1.807, 2.05) is 6.92 Å². The first-order valence-electron chi connectivity index (χ1n) is 4.98. The number of rotatable bonds is 4. The number of pyridine rings is 1.